The Morgan fingerprint density at radius 1 is 1.07 bits per heavy atom. The SMILES string of the molecule is CC(C)(C)S(=O)(=O)c1ccc(N2CCC(Oc3ccc(C(F)(F)F)cn3)C2)cn1. The summed E-state index contributed by atoms with van der Waals surface area (Å²) in [4.78, 5) is 9.82. The summed E-state index contributed by atoms with van der Waals surface area (Å²) in [6, 6.07) is 5.33. The predicted molar refractivity (Wildman–Crippen MR) is 102 cm³/mol. The molecule has 1 fully saturated rings. The van der Waals surface area contributed by atoms with E-state index in [0.717, 1.165) is 18.0 Å². The lowest BCUT2D eigenvalue weighted by molar-refractivity contribution is -0.137. The molecule has 158 valence electrons. The summed E-state index contributed by atoms with van der Waals surface area (Å²) in [6.45, 7) is 6.01. The van der Waals surface area contributed by atoms with Gasteiger partial charge in [-0.25, -0.2) is 18.4 Å². The highest BCUT2D eigenvalue weighted by Gasteiger charge is 2.33. The molecule has 1 unspecified atom stereocenters. The van der Waals surface area contributed by atoms with Gasteiger partial charge < -0.3 is 9.64 Å². The summed E-state index contributed by atoms with van der Waals surface area (Å²) >= 11 is 0. The third-order valence-corrected chi connectivity index (χ3v) is 7.07. The summed E-state index contributed by atoms with van der Waals surface area (Å²) in [7, 11) is -3.52. The number of sulfone groups is 1. The minimum Gasteiger partial charge on any atom is -0.472 e. The molecule has 3 heterocycles. The zero-order valence-corrected chi connectivity index (χ0v) is 17.1. The van der Waals surface area contributed by atoms with Crippen LogP contribution in [0.2, 0.25) is 0 Å². The molecule has 0 spiro atoms. The highest BCUT2D eigenvalue weighted by molar-refractivity contribution is 7.92. The van der Waals surface area contributed by atoms with Crippen molar-refractivity contribution in [2.75, 3.05) is 18.0 Å². The zero-order valence-electron chi connectivity index (χ0n) is 16.3. The average molecular weight is 429 g/mol. The van der Waals surface area contributed by atoms with E-state index >= 15 is 0 Å². The fourth-order valence-electron chi connectivity index (χ4n) is 2.88. The maximum Gasteiger partial charge on any atom is 0.417 e. The van der Waals surface area contributed by atoms with Crippen molar-refractivity contribution in [3.63, 3.8) is 0 Å². The van der Waals surface area contributed by atoms with Crippen molar-refractivity contribution in [3.8, 4) is 5.88 Å². The van der Waals surface area contributed by atoms with Crippen LogP contribution < -0.4 is 9.64 Å². The first-order valence-corrected chi connectivity index (χ1v) is 10.5. The topological polar surface area (TPSA) is 72.4 Å². The van der Waals surface area contributed by atoms with Crippen molar-refractivity contribution < 1.29 is 26.3 Å². The van der Waals surface area contributed by atoms with Crippen LogP contribution in [0, 0.1) is 0 Å². The number of aromatic nitrogens is 2. The van der Waals surface area contributed by atoms with Gasteiger partial charge in [0.05, 0.1) is 28.7 Å². The van der Waals surface area contributed by atoms with E-state index in [-0.39, 0.29) is 17.0 Å². The van der Waals surface area contributed by atoms with Crippen LogP contribution in [-0.2, 0) is 16.0 Å². The summed E-state index contributed by atoms with van der Waals surface area (Å²) in [5.74, 6) is 0.134. The molecule has 0 bridgehead atoms. The second-order valence-electron chi connectivity index (χ2n) is 7.83. The lowest BCUT2D eigenvalue weighted by Crippen LogP contribution is -2.29. The van der Waals surface area contributed by atoms with E-state index in [9.17, 15) is 21.6 Å². The Labute approximate surface area is 167 Å². The molecule has 0 N–H and O–H groups in total. The second kappa shape index (κ2) is 7.47. The van der Waals surface area contributed by atoms with Gasteiger partial charge in [-0.3, -0.25) is 0 Å². The summed E-state index contributed by atoms with van der Waals surface area (Å²) in [5, 5.41) is 0.0229. The normalized spacial score (nSPS) is 18.1. The smallest absolute Gasteiger partial charge is 0.417 e. The van der Waals surface area contributed by atoms with Crippen molar-refractivity contribution in [1.29, 1.82) is 0 Å². The fraction of sp³-hybridized carbons (Fsp3) is 0.474. The van der Waals surface area contributed by atoms with Crippen LogP contribution >= 0.6 is 0 Å². The Bertz CT molecular complexity index is 953. The molecule has 0 radical (unpaired) electrons. The molecule has 3 rings (SSSR count). The summed E-state index contributed by atoms with van der Waals surface area (Å²) in [6.07, 6.45) is -1.75. The Morgan fingerprint density at radius 3 is 2.31 bits per heavy atom. The molecular formula is C19H22F3N3O3S. The highest BCUT2D eigenvalue weighted by Crippen LogP contribution is 2.30. The van der Waals surface area contributed by atoms with Crippen LogP contribution in [0.1, 0.15) is 32.8 Å². The van der Waals surface area contributed by atoms with E-state index in [4.69, 9.17) is 4.74 Å². The summed E-state index contributed by atoms with van der Waals surface area (Å²) < 4.78 is 67.4. The molecule has 0 amide bonds. The predicted octanol–water partition coefficient (Wildman–Crippen LogP) is 3.73. The van der Waals surface area contributed by atoms with Gasteiger partial charge in [0.2, 0.25) is 5.88 Å². The van der Waals surface area contributed by atoms with Gasteiger partial charge in [-0.05, 0) is 39.0 Å². The number of ether oxygens (including phenoxy) is 1. The van der Waals surface area contributed by atoms with Gasteiger partial charge in [0.25, 0.3) is 0 Å². The average Bonchev–Trinajstić information content (AvgIpc) is 3.09. The number of nitrogens with zero attached hydrogens (tertiary/aromatic N) is 3. The van der Waals surface area contributed by atoms with Gasteiger partial charge in [0.1, 0.15) is 6.10 Å². The van der Waals surface area contributed by atoms with Crippen molar-refractivity contribution in [1.82, 2.24) is 9.97 Å². The lowest BCUT2D eigenvalue weighted by Gasteiger charge is -2.21. The first kappa shape index (κ1) is 21.4. The maximum absolute atomic E-state index is 12.6. The van der Waals surface area contributed by atoms with E-state index in [1.54, 1.807) is 26.8 Å². The highest BCUT2D eigenvalue weighted by atomic mass is 32.2. The van der Waals surface area contributed by atoms with Gasteiger partial charge in [0.15, 0.2) is 14.9 Å². The number of hydrogen-bond donors (Lipinski definition) is 0. The van der Waals surface area contributed by atoms with E-state index in [2.05, 4.69) is 9.97 Å². The Morgan fingerprint density at radius 2 is 1.79 bits per heavy atom. The van der Waals surface area contributed by atoms with Gasteiger partial charge >= 0.3 is 6.18 Å². The number of hydrogen-bond acceptors (Lipinski definition) is 6. The van der Waals surface area contributed by atoms with Gasteiger partial charge in [-0.15, -0.1) is 0 Å². The van der Waals surface area contributed by atoms with E-state index < -0.39 is 26.3 Å². The van der Waals surface area contributed by atoms with Crippen molar-refractivity contribution in [2.24, 2.45) is 0 Å². The van der Waals surface area contributed by atoms with Crippen LogP contribution in [0.15, 0.2) is 41.7 Å². The largest absolute Gasteiger partial charge is 0.472 e. The number of anilines is 1. The Hall–Kier alpha value is -2.36. The van der Waals surface area contributed by atoms with Gasteiger partial charge in [0, 0.05) is 25.2 Å². The quantitative estimate of drug-likeness (QED) is 0.738. The molecule has 0 aliphatic carbocycles. The Balaban J connectivity index is 1.64. The standard InChI is InChI=1S/C19H22F3N3O3S/c1-18(2,3)29(26,27)17-7-5-14(11-24-17)25-9-8-15(12-25)28-16-6-4-13(10-23-16)19(20,21)22/h4-7,10-11,15H,8-9,12H2,1-3H3. The van der Waals surface area contributed by atoms with Gasteiger partial charge in [-0.2, -0.15) is 13.2 Å². The van der Waals surface area contributed by atoms with E-state index in [0.29, 0.717) is 19.5 Å². The second-order valence-corrected chi connectivity index (χ2v) is 10.5. The third-order valence-electron chi connectivity index (χ3n) is 4.66. The van der Waals surface area contributed by atoms with E-state index in [1.165, 1.54) is 18.3 Å². The first-order valence-electron chi connectivity index (χ1n) is 9.03. The molecule has 1 aliphatic rings. The molecule has 6 nitrogen and oxygen atoms in total. The molecule has 10 heteroatoms. The monoisotopic (exact) mass is 429 g/mol. The van der Waals surface area contributed by atoms with Crippen LogP contribution in [0.3, 0.4) is 0 Å². The number of halogens is 3. The Kier molecular flexibility index (Phi) is 5.50. The molecule has 1 atom stereocenters. The van der Waals surface area contributed by atoms with Crippen LogP contribution in [0.4, 0.5) is 18.9 Å². The minimum atomic E-state index is -4.44. The van der Waals surface area contributed by atoms with E-state index in [1.807, 2.05) is 4.90 Å². The van der Waals surface area contributed by atoms with Crippen LogP contribution in [0.25, 0.3) is 0 Å². The molecule has 0 aromatic carbocycles. The molecule has 1 saturated heterocycles. The van der Waals surface area contributed by atoms with Gasteiger partial charge in [-0.1, -0.05) is 0 Å². The fourth-order valence-corrected chi connectivity index (χ4v) is 3.95. The molecule has 29 heavy (non-hydrogen) atoms. The van der Waals surface area contributed by atoms with Crippen molar-refractivity contribution in [2.45, 2.75) is 49.2 Å². The first-order chi connectivity index (χ1) is 13.4. The van der Waals surface area contributed by atoms with Crippen LogP contribution in [0.5, 0.6) is 5.88 Å². The van der Waals surface area contributed by atoms with Crippen LogP contribution in [-0.4, -0.2) is 42.3 Å². The van der Waals surface area contributed by atoms with Crippen molar-refractivity contribution in [3.05, 3.63) is 42.2 Å². The zero-order chi connectivity index (χ0) is 21.4. The lowest BCUT2D eigenvalue weighted by atomic mass is 10.3. The maximum atomic E-state index is 12.6. The number of alkyl halides is 3. The molecular weight excluding hydrogens is 407 g/mol. The third kappa shape index (κ3) is 4.63. The molecule has 2 aromatic rings. The minimum absolute atomic E-state index is 0.0229. The molecule has 1 aliphatic heterocycles. The number of pyridine rings is 2. The molecule has 0 saturated carbocycles. The van der Waals surface area contributed by atoms with Crippen molar-refractivity contribution >= 4 is 15.5 Å². The molecule has 2 aromatic heterocycles. The number of rotatable bonds is 4. The summed E-state index contributed by atoms with van der Waals surface area (Å²) in [5.41, 5.74) is -0.0707.